The molecular weight excluding hydrogens is 423 g/mol. The number of benzene rings is 2. The molecule has 0 aliphatic heterocycles. The van der Waals surface area contributed by atoms with Gasteiger partial charge in [-0.15, -0.1) is 0 Å². The van der Waals surface area contributed by atoms with Gasteiger partial charge < -0.3 is 10.1 Å². The number of aryl methyl sites for hydroxylation is 1. The van der Waals surface area contributed by atoms with Gasteiger partial charge in [-0.1, -0.05) is 43.1 Å². The van der Waals surface area contributed by atoms with Crippen LogP contribution in [0, 0.1) is 12.8 Å². The summed E-state index contributed by atoms with van der Waals surface area (Å²) in [7, 11) is -3.66. The van der Waals surface area contributed by atoms with Gasteiger partial charge in [0.05, 0.1) is 9.92 Å². The van der Waals surface area contributed by atoms with E-state index in [0.29, 0.717) is 17.3 Å². The first-order chi connectivity index (χ1) is 13.1. The normalized spacial score (nSPS) is 11.5. The predicted molar refractivity (Wildman–Crippen MR) is 112 cm³/mol. The minimum Gasteiger partial charge on any atom is -0.482 e. The summed E-state index contributed by atoms with van der Waals surface area (Å²) < 4.78 is 32.4. The summed E-state index contributed by atoms with van der Waals surface area (Å²) in [5.74, 6) is -0.00586. The third kappa shape index (κ3) is 6.38. The Bertz CT molecular complexity index is 962. The molecule has 0 spiro atoms. The molecule has 0 saturated carbocycles. The van der Waals surface area contributed by atoms with Crippen LogP contribution < -0.4 is 14.8 Å². The number of hydrogen-bond donors (Lipinski definition) is 2. The fourth-order valence-corrected chi connectivity index (χ4v) is 3.90. The topological polar surface area (TPSA) is 84.5 Å². The molecule has 0 heterocycles. The highest BCUT2D eigenvalue weighted by atomic mass is 35.5. The monoisotopic (exact) mass is 444 g/mol. The van der Waals surface area contributed by atoms with E-state index in [1.165, 1.54) is 18.2 Å². The van der Waals surface area contributed by atoms with Crippen molar-refractivity contribution in [3.63, 3.8) is 0 Å². The summed E-state index contributed by atoms with van der Waals surface area (Å²) in [5, 5.41) is 3.31. The van der Waals surface area contributed by atoms with Crippen molar-refractivity contribution in [3.05, 3.63) is 52.0 Å². The highest BCUT2D eigenvalue weighted by Crippen LogP contribution is 2.27. The SMILES string of the molecule is Cc1ccc(Cl)cc1NC(=O)COc1ccc(S(=O)(=O)NCC(C)C)cc1Cl. The molecule has 2 N–H and O–H groups in total. The smallest absolute Gasteiger partial charge is 0.262 e. The van der Waals surface area contributed by atoms with E-state index in [9.17, 15) is 13.2 Å². The third-order valence-corrected chi connectivity index (χ3v) is 5.68. The number of halogens is 2. The summed E-state index contributed by atoms with van der Waals surface area (Å²) in [4.78, 5) is 12.1. The molecule has 0 aliphatic rings. The lowest BCUT2D eigenvalue weighted by atomic mass is 10.2. The van der Waals surface area contributed by atoms with Crippen LogP contribution in [0.25, 0.3) is 0 Å². The van der Waals surface area contributed by atoms with Gasteiger partial charge in [0.15, 0.2) is 6.61 Å². The molecule has 0 unspecified atom stereocenters. The van der Waals surface area contributed by atoms with Gasteiger partial charge in [0.2, 0.25) is 10.0 Å². The fourth-order valence-electron chi connectivity index (χ4n) is 2.18. The van der Waals surface area contributed by atoms with Crippen LogP contribution >= 0.6 is 23.2 Å². The lowest BCUT2D eigenvalue weighted by molar-refractivity contribution is -0.118. The lowest BCUT2D eigenvalue weighted by Crippen LogP contribution is -2.27. The number of hydrogen-bond acceptors (Lipinski definition) is 4. The van der Waals surface area contributed by atoms with Crippen LogP contribution in [0.3, 0.4) is 0 Å². The summed E-state index contributed by atoms with van der Waals surface area (Å²) in [5.41, 5.74) is 1.45. The quantitative estimate of drug-likeness (QED) is 0.636. The molecule has 0 aliphatic carbocycles. The van der Waals surface area contributed by atoms with E-state index in [0.717, 1.165) is 5.56 Å². The lowest BCUT2D eigenvalue weighted by Gasteiger charge is -2.12. The Morgan fingerprint density at radius 3 is 2.50 bits per heavy atom. The van der Waals surface area contributed by atoms with Crippen LogP contribution in [-0.2, 0) is 14.8 Å². The standard InChI is InChI=1S/C19H22Cl2N2O4S/c1-12(2)10-22-28(25,26)15-6-7-18(16(21)9-15)27-11-19(24)23-17-8-14(20)5-4-13(17)3/h4-9,12,22H,10-11H2,1-3H3,(H,23,24). The van der Waals surface area contributed by atoms with Gasteiger partial charge >= 0.3 is 0 Å². The van der Waals surface area contributed by atoms with Crippen molar-refractivity contribution in [2.45, 2.75) is 25.7 Å². The molecule has 6 nitrogen and oxygen atoms in total. The summed E-state index contributed by atoms with van der Waals surface area (Å²) in [6.07, 6.45) is 0. The predicted octanol–water partition coefficient (Wildman–Crippen LogP) is 4.25. The molecule has 0 saturated heterocycles. The first kappa shape index (κ1) is 22.5. The zero-order valence-electron chi connectivity index (χ0n) is 15.8. The summed E-state index contributed by atoms with van der Waals surface area (Å²) >= 11 is 12.1. The maximum Gasteiger partial charge on any atom is 0.262 e. The number of rotatable bonds is 8. The van der Waals surface area contributed by atoms with E-state index in [2.05, 4.69) is 10.0 Å². The van der Waals surface area contributed by atoms with Gasteiger partial charge in [-0.2, -0.15) is 0 Å². The number of carbonyl (C=O) groups excluding carboxylic acids is 1. The second kappa shape index (κ2) is 9.60. The highest BCUT2D eigenvalue weighted by molar-refractivity contribution is 7.89. The molecule has 2 rings (SSSR count). The molecular formula is C19H22Cl2N2O4S. The van der Waals surface area contributed by atoms with Crippen molar-refractivity contribution in [3.8, 4) is 5.75 Å². The first-order valence-electron chi connectivity index (χ1n) is 8.56. The number of anilines is 1. The van der Waals surface area contributed by atoms with Gasteiger partial charge in [-0.3, -0.25) is 4.79 Å². The van der Waals surface area contributed by atoms with Crippen molar-refractivity contribution >= 4 is 44.8 Å². The van der Waals surface area contributed by atoms with Crippen LogP contribution in [-0.4, -0.2) is 27.5 Å². The molecule has 152 valence electrons. The molecule has 28 heavy (non-hydrogen) atoms. The van der Waals surface area contributed by atoms with Gasteiger partial charge in [0.25, 0.3) is 5.91 Å². The van der Waals surface area contributed by atoms with Gasteiger partial charge in [0.1, 0.15) is 5.75 Å². The number of ether oxygens (including phenoxy) is 1. The average molecular weight is 445 g/mol. The molecule has 9 heteroatoms. The Balaban J connectivity index is 2.01. The molecule has 0 fully saturated rings. The fraction of sp³-hybridized carbons (Fsp3) is 0.316. The maximum absolute atomic E-state index is 12.2. The van der Waals surface area contributed by atoms with E-state index < -0.39 is 15.9 Å². The average Bonchev–Trinajstić information content (AvgIpc) is 2.62. The van der Waals surface area contributed by atoms with Gasteiger partial charge in [-0.25, -0.2) is 13.1 Å². The number of amides is 1. The minimum absolute atomic E-state index is 0.0319. The Morgan fingerprint density at radius 2 is 1.86 bits per heavy atom. The molecule has 2 aromatic carbocycles. The van der Waals surface area contributed by atoms with Crippen molar-refractivity contribution in [2.24, 2.45) is 5.92 Å². The molecule has 0 atom stereocenters. The van der Waals surface area contributed by atoms with E-state index >= 15 is 0 Å². The van der Waals surface area contributed by atoms with E-state index in [-0.39, 0.29) is 28.2 Å². The highest BCUT2D eigenvalue weighted by Gasteiger charge is 2.17. The first-order valence-corrected chi connectivity index (χ1v) is 10.8. The number of carbonyl (C=O) groups is 1. The van der Waals surface area contributed by atoms with E-state index in [1.54, 1.807) is 18.2 Å². The van der Waals surface area contributed by atoms with E-state index in [4.69, 9.17) is 27.9 Å². The summed E-state index contributed by atoms with van der Waals surface area (Å²) in [6.45, 7) is 5.69. The molecule has 0 aromatic heterocycles. The van der Waals surface area contributed by atoms with Crippen LogP contribution in [0.15, 0.2) is 41.3 Å². The van der Waals surface area contributed by atoms with Crippen LogP contribution in [0.2, 0.25) is 10.0 Å². The summed E-state index contributed by atoms with van der Waals surface area (Å²) in [6, 6.07) is 9.26. The third-order valence-electron chi connectivity index (χ3n) is 3.73. The zero-order chi connectivity index (χ0) is 20.9. The van der Waals surface area contributed by atoms with Crippen LogP contribution in [0.5, 0.6) is 5.75 Å². The van der Waals surface area contributed by atoms with Crippen molar-refractivity contribution in [2.75, 3.05) is 18.5 Å². The molecule has 1 amide bonds. The Kier molecular flexibility index (Phi) is 7.71. The van der Waals surface area contributed by atoms with E-state index in [1.807, 2.05) is 20.8 Å². The second-order valence-electron chi connectivity index (χ2n) is 6.63. The number of nitrogens with one attached hydrogen (secondary N) is 2. The Labute approximate surface area is 175 Å². The minimum atomic E-state index is -3.66. The van der Waals surface area contributed by atoms with Gasteiger partial charge in [0, 0.05) is 17.3 Å². The maximum atomic E-state index is 12.2. The second-order valence-corrected chi connectivity index (χ2v) is 9.24. The number of sulfonamides is 1. The van der Waals surface area contributed by atoms with Crippen LogP contribution in [0.4, 0.5) is 5.69 Å². The largest absolute Gasteiger partial charge is 0.482 e. The Morgan fingerprint density at radius 1 is 1.14 bits per heavy atom. The van der Waals surface area contributed by atoms with Crippen molar-refractivity contribution in [1.29, 1.82) is 0 Å². The molecule has 2 aromatic rings. The molecule has 0 bridgehead atoms. The molecule has 0 radical (unpaired) electrons. The zero-order valence-corrected chi connectivity index (χ0v) is 18.1. The van der Waals surface area contributed by atoms with Crippen molar-refractivity contribution < 1.29 is 17.9 Å². The van der Waals surface area contributed by atoms with Gasteiger partial charge in [-0.05, 0) is 48.7 Å². The van der Waals surface area contributed by atoms with Crippen LogP contribution in [0.1, 0.15) is 19.4 Å². The van der Waals surface area contributed by atoms with Crippen molar-refractivity contribution in [1.82, 2.24) is 4.72 Å². The Hall–Kier alpha value is -1.80.